The van der Waals surface area contributed by atoms with E-state index in [0.29, 0.717) is 21.8 Å². The van der Waals surface area contributed by atoms with Crippen LogP contribution in [0.25, 0.3) is 6.08 Å². The Kier molecular flexibility index (Phi) is 7.21. The van der Waals surface area contributed by atoms with Gasteiger partial charge in [0.2, 0.25) is 11.8 Å². The first-order valence-electron chi connectivity index (χ1n) is 12.1. The lowest BCUT2D eigenvalue weighted by Gasteiger charge is -2.16. The predicted molar refractivity (Wildman–Crippen MR) is 148 cm³/mol. The number of pyridine rings is 1. The zero-order valence-corrected chi connectivity index (χ0v) is 22.0. The molecular formula is C29H20ClN5O3S. The van der Waals surface area contributed by atoms with Gasteiger partial charge in [0.1, 0.15) is 23.0 Å². The van der Waals surface area contributed by atoms with Gasteiger partial charge in [-0.05, 0) is 72.4 Å². The number of halogens is 1. The van der Waals surface area contributed by atoms with Crippen LogP contribution in [0.4, 0.5) is 11.5 Å². The number of hydrogen-bond donors (Lipinski definition) is 1. The molecule has 1 aliphatic carbocycles. The fourth-order valence-corrected chi connectivity index (χ4v) is 5.66. The molecule has 1 atom stereocenters. The van der Waals surface area contributed by atoms with Gasteiger partial charge in [0.25, 0.3) is 0 Å². The van der Waals surface area contributed by atoms with Gasteiger partial charge in [0, 0.05) is 17.0 Å². The molecule has 192 valence electrons. The monoisotopic (exact) mass is 553 g/mol. The fraction of sp³-hybridized carbons (Fsp3) is 0.172. The maximum absolute atomic E-state index is 13.3. The first-order chi connectivity index (χ1) is 18.8. The summed E-state index contributed by atoms with van der Waals surface area (Å²) >= 11 is 6.90. The van der Waals surface area contributed by atoms with Crippen LogP contribution >= 0.6 is 23.4 Å². The molecule has 5 rings (SSSR count). The second-order valence-corrected chi connectivity index (χ2v) is 10.8. The topological polar surface area (TPSA) is 141 Å². The van der Waals surface area contributed by atoms with Crippen molar-refractivity contribution in [3.05, 3.63) is 87.4 Å². The lowest BCUT2D eigenvalue weighted by molar-refractivity contribution is -0.121. The minimum atomic E-state index is -0.805. The summed E-state index contributed by atoms with van der Waals surface area (Å²) in [7, 11) is 0. The first kappa shape index (κ1) is 26.2. The van der Waals surface area contributed by atoms with Gasteiger partial charge in [-0.3, -0.25) is 14.4 Å². The molecule has 39 heavy (non-hydrogen) atoms. The average molecular weight is 554 g/mol. The number of ketones is 1. The molecule has 2 aliphatic rings. The van der Waals surface area contributed by atoms with Gasteiger partial charge in [-0.15, -0.1) is 0 Å². The number of rotatable bonds is 7. The zero-order valence-electron chi connectivity index (χ0n) is 20.4. The smallest absolute Gasteiger partial charge is 0.247 e. The van der Waals surface area contributed by atoms with E-state index in [9.17, 15) is 24.9 Å². The Morgan fingerprint density at radius 3 is 2.33 bits per heavy atom. The highest BCUT2D eigenvalue weighted by molar-refractivity contribution is 8.00. The maximum atomic E-state index is 13.3. The summed E-state index contributed by atoms with van der Waals surface area (Å²) in [5.74, 6) is -1.00. The fourth-order valence-electron chi connectivity index (χ4n) is 4.41. The Hall–Kier alpha value is -4.44. The Bertz CT molecular complexity index is 1620. The van der Waals surface area contributed by atoms with Crippen molar-refractivity contribution in [2.75, 3.05) is 10.6 Å². The number of carbonyl (C=O) groups excluding carboxylic acids is 3. The summed E-state index contributed by atoms with van der Waals surface area (Å²) in [5, 5.41) is 19.4. The van der Waals surface area contributed by atoms with Crippen LogP contribution in [0.1, 0.15) is 57.8 Å². The van der Waals surface area contributed by atoms with Crippen molar-refractivity contribution in [2.24, 2.45) is 0 Å². The number of benzene rings is 2. The highest BCUT2D eigenvalue weighted by Crippen LogP contribution is 2.47. The molecule has 2 heterocycles. The number of thioether (sulfide) groups is 1. The Labute approximate surface area is 233 Å². The molecule has 2 fully saturated rings. The van der Waals surface area contributed by atoms with E-state index in [0.717, 1.165) is 35.1 Å². The molecule has 10 heteroatoms. The number of nitriles is 2. The Morgan fingerprint density at radius 2 is 1.72 bits per heavy atom. The third-order valence-electron chi connectivity index (χ3n) is 6.51. The first-order valence-corrected chi connectivity index (χ1v) is 13.3. The van der Waals surface area contributed by atoms with Crippen molar-refractivity contribution < 1.29 is 14.4 Å². The molecule has 0 unspecified atom stereocenters. The van der Waals surface area contributed by atoms with Crippen LogP contribution in [-0.2, 0) is 9.59 Å². The number of carbonyl (C=O) groups is 3. The molecule has 3 aromatic rings. The Balaban J connectivity index is 1.33. The lowest BCUT2D eigenvalue weighted by atomic mass is 10.0. The van der Waals surface area contributed by atoms with Crippen molar-refractivity contribution in [3.8, 4) is 12.1 Å². The van der Waals surface area contributed by atoms with Gasteiger partial charge in [-0.25, -0.2) is 9.88 Å². The van der Waals surface area contributed by atoms with Gasteiger partial charge in [-0.1, -0.05) is 41.6 Å². The van der Waals surface area contributed by atoms with Crippen molar-refractivity contribution in [3.63, 3.8) is 0 Å². The van der Waals surface area contributed by atoms with Crippen LogP contribution in [0.15, 0.2) is 59.6 Å². The lowest BCUT2D eigenvalue weighted by Crippen LogP contribution is -2.31. The number of aromatic nitrogens is 1. The van der Waals surface area contributed by atoms with E-state index >= 15 is 0 Å². The van der Waals surface area contributed by atoms with Gasteiger partial charge in [0.05, 0.1) is 22.1 Å². The summed E-state index contributed by atoms with van der Waals surface area (Å²) in [5.41, 5.74) is 8.60. The maximum Gasteiger partial charge on any atom is 0.247 e. The number of nitrogens with two attached hydrogens (primary N) is 1. The number of hydrogen-bond acceptors (Lipinski definition) is 8. The standard InChI is InChI=1S/C29H20ClN5O3S/c30-19-8-1-16(2-9-19)3-12-23(36)17-6-10-20(11-7-17)35-25(37)13-24(29(35)38)39-28-22(15-32)26(18-4-5-18)21(14-31)27(33)34-28/h1-3,6-12,18,24H,4-5,13H2,(H2,33,34)/b12-3+/t24-/m1/s1. The number of allylic oxidation sites excluding steroid dienone is 1. The van der Waals surface area contributed by atoms with Crippen LogP contribution < -0.4 is 10.6 Å². The third kappa shape index (κ3) is 5.28. The summed E-state index contributed by atoms with van der Waals surface area (Å²) in [6.07, 6.45) is 4.73. The minimum absolute atomic E-state index is 0.0138. The average Bonchev–Trinajstić information content (AvgIpc) is 3.73. The molecule has 1 saturated heterocycles. The van der Waals surface area contributed by atoms with Gasteiger partial charge in [0.15, 0.2) is 5.78 Å². The van der Waals surface area contributed by atoms with Crippen LogP contribution in [0, 0.1) is 22.7 Å². The van der Waals surface area contributed by atoms with E-state index < -0.39 is 17.1 Å². The molecule has 0 spiro atoms. The van der Waals surface area contributed by atoms with Crippen molar-refractivity contribution >= 4 is 58.5 Å². The summed E-state index contributed by atoms with van der Waals surface area (Å²) in [6, 6.07) is 17.4. The van der Waals surface area contributed by atoms with E-state index in [-0.39, 0.29) is 40.1 Å². The molecule has 1 aromatic heterocycles. The molecule has 2 aromatic carbocycles. The molecule has 1 saturated carbocycles. The highest BCUT2D eigenvalue weighted by Gasteiger charge is 2.42. The molecule has 1 aliphatic heterocycles. The second kappa shape index (κ2) is 10.7. The van der Waals surface area contributed by atoms with Crippen LogP contribution in [0.3, 0.4) is 0 Å². The Morgan fingerprint density at radius 1 is 1.05 bits per heavy atom. The van der Waals surface area contributed by atoms with Crippen molar-refractivity contribution in [2.45, 2.75) is 35.5 Å². The van der Waals surface area contributed by atoms with E-state index in [1.807, 2.05) is 6.07 Å². The molecule has 8 nitrogen and oxygen atoms in total. The predicted octanol–water partition coefficient (Wildman–Crippen LogP) is 5.26. The van der Waals surface area contributed by atoms with Gasteiger partial charge in [-0.2, -0.15) is 10.5 Å². The second-order valence-electron chi connectivity index (χ2n) is 9.14. The number of nitrogen functional groups attached to an aromatic ring is 1. The van der Waals surface area contributed by atoms with Crippen molar-refractivity contribution in [1.29, 1.82) is 10.5 Å². The zero-order chi connectivity index (χ0) is 27.7. The van der Waals surface area contributed by atoms with Crippen molar-refractivity contribution in [1.82, 2.24) is 4.98 Å². The normalized spacial score (nSPS) is 16.9. The van der Waals surface area contributed by atoms with Gasteiger partial charge < -0.3 is 5.73 Å². The molecule has 2 N–H and O–H groups in total. The van der Waals surface area contributed by atoms with Crippen LogP contribution in [0.5, 0.6) is 0 Å². The quantitative estimate of drug-likeness (QED) is 0.237. The molecule has 2 amide bonds. The van der Waals surface area contributed by atoms with Gasteiger partial charge >= 0.3 is 0 Å². The number of amides is 2. The summed E-state index contributed by atoms with van der Waals surface area (Å²) in [6.45, 7) is 0. The third-order valence-corrected chi connectivity index (χ3v) is 7.93. The number of anilines is 2. The van der Waals surface area contributed by atoms with E-state index in [1.165, 1.54) is 6.08 Å². The van der Waals surface area contributed by atoms with E-state index in [4.69, 9.17) is 17.3 Å². The number of imide groups is 1. The van der Waals surface area contributed by atoms with Crippen LogP contribution in [0.2, 0.25) is 5.02 Å². The summed E-state index contributed by atoms with van der Waals surface area (Å²) in [4.78, 5) is 44.0. The van der Waals surface area contributed by atoms with E-state index in [2.05, 4.69) is 11.1 Å². The highest BCUT2D eigenvalue weighted by atomic mass is 35.5. The number of nitrogens with zero attached hydrogens (tertiary/aromatic N) is 4. The molecule has 0 bridgehead atoms. The molecule has 0 radical (unpaired) electrons. The summed E-state index contributed by atoms with van der Waals surface area (Å²) < 4.78 is 0. The van der Waals surface area contributed by atoms with E-state index in [1.54, 1.807) is 54.6 Å². The largest absolute Gasteiger partial charge is 0.383 e. The van der Waals surface area contributed by atoms with Crippen LogP contribution in [-0.4, -0.2) is 27.8 Å². The molecular weight excluding hydrogens is 534 g/mol. The SMILES string of the molecule is N#Cc1c(N)nc(S[C@@H]2CC(=O)N(c3ccc(C(=O)/C=C/c4ccc(Cl)cc4)cc3)C2=O)c(C#N)c1C1CC1. The minimum Gasteiger partial charge on any atom is -0.383 e.